The molecule has 5 nitrogen and oxygen atoms in total. The van der Waals surface area contributed by atoms with Crippen molar-refractivity contribution >= 4 is 11.8 Å². The molecule has 1 unspecified atom stereocenters. The minimum atomic E-state index is -0.637. The van der Waals surface area contributed by atoms with Gasteiger partial charge in [-0.2, -0.15) is 0 Å². The lowest BCUT2D eigenvalue weighted by Crippen LogP contribution is -2.51. The van der Waals surface area contributed by atoms with E-state index in [4.69, 9.17) is 10.2 Å². The molecule has 0 radical (unpaired) electrons. The molecule has 5 heteroatoms. The highest BCUT2D eigenvalue weighted by Crippen LogP contribution is 2.24. The molecule has 0 bridgehead atoms. The third-order valence-corrected chi connectivity index (χ3v) is 3.57. The van der Waals surface area contributed by atoms with E-state index in [0.29, 0.717) is 13.0 Å². The third kappa shape index (κ3) is 2.07. The average molecular weight is 270 g/mol. The molecule has 0 saturated carbocycles. The Labute approximate surface area is 116 Å². The summed E-state index contributed by atoms with van der Waals surface area (Å²) in [5, 5.41) is 0. The Bertz CT molecular complexity index is 649. The Morgan fingerprint density at radius 2 is 1.90 bits per heavy atom. The first-order chi connectivity index (χ1) is 9.66. The Morgan fingerprint density at radius 1 is 1.15 bits per heavy atom. The van der Waals surface area contributed by atoms with Crippen molar-refractivity contribution in [2.24, 2.45) is 5.73 Å². The van der Waals surface area contributed by atoms with Gasteiger partial charge in [-0.25, -0.2) is 0 Å². The van der Waals surface area contributed by atoms with Crippen LogP contribution >= 0.6 is 0 Å². The molecule has 2 aromatic rings. The van der Waals surface area contributed by atoms with Crippen LogP contribution in [0.15, 0.2) is 47.1 Å². The highest BCUT2D eigenvalue weighted by atomic mass is 16.3. The number of fused-ring (bicyclic) bond motifs is 1. The molecule has 2 amide bonds. The molecule has 0 fully saturated rings. The van der Waals surface area contributed by atoms with E-state index in [1.54, 1.807) is 12.1 Å². The molecular formula is C15H14N2O3. The topological polar surface area (TPSA) is 76.5 Å². The summed E-state index contributed by atoms with van der Waals surface area (Å²) < 4.78 is 5.12. The van der Waals surface area contributed by atoms with Crippen LogP contribution in [0.1, 0.15) is 21.7 Å². The number of amides is 2. The van der Waals surface area contributed by atoms with Crippen LogP contribution in [0.4, 0.5) is 0 Å². The van der Waals surface area contributed by atoms with E-state index < -0.39 is 11.9 Å². The summed E-state index contributed by atoms with van der Waals surface area (Å²) in [4.78, 5) is 25.5. The van der Waals surface area contributed by atoms with Gasteiger partial charge in [-0.3, -0.25) is 9.59 Å². The smallest absolute Gasteiger partial charge is 0.290 e. The van der Waals surface area contributed by atoms with Crippen LogP contribution in [-0.4, -0.2) is 22.8 Å². The number of benzene rings is 1. The van der Waals surface area contributed by atoms with Crippen molar-refractivity contribution in [1.29, 1.82) is 0 Å². The lowest BCUT2D eigenvalue weighted by Gasteiger charge is -2.34. The molecule has 2 heterocycles. The zero-order chi connectivity index (χ0) is 14.1. The minimum Gasteiger partial charge on any atom is -0.459 e. The summed E-state index contributed by atoms with van der Waals surface area (Å²) in [6.07, 6.45) is 1.88. The third-order valence-electron chi connectivity index (χ3n) is 3.57. The van der Waals surface area contributed by atoms with Crippen molar-refractivity contribution in [3.05, 3.63) is 59.5 Å². The number of hydrogen-bond acceptors (Lipinski definition) is 3. The lowest BCUT2D eigenvalue weighted by molar-refractivity contribution is -0.122. The number of rotatable bonds is 2. The molecule has 1 aliphatic rings. The van der Waals surface area contributed by atoms with Gasteiger partial charge in [0, 0.05) is 13.0 Å². The summed E-state index contributed by atoms with van der Waals surface area (Å²) in [6, 6.07) is 10.3. The first kappa shape index (κ1) is 12.5. The Morgan fingerprint density at radius 3 is 2.55 bits per heavy atom. The van der Waals surface area contributed by atoms with Gasteiger partial charge >= 0.3 is 0 Å². The molecule has 1 aliphatic heterocycles. The first-order valence-corrected chi connectivity index (χ1v) is 6.37. The number of carbonyl (C=O) groups is 2. The first-order valence-electron chi connectivity index (χ1n) is 6.37. The molecular weight excluding hydrogens is 256 g/mol. The fraction of sp³-hybridized carbons (Fsp3) is 0.200. The number of hydrogen-bond donors (Lipinski definition) is 1. The maximum atomic E-state index is 12.4. The molecule has 3 rings (SSSR count). The molecule has 1 aromatic heterocycles. The van der Waals surface area contributed by atoms with Gasteiger partial charge in [-0.1, -0.05) is 24.3 Å². The van der Waals surface area contributed by atoms with E-state index in [9.17, 15) is 9.59 Å². The van der Waals surface area contributed by atoms with Crippen molar-refractivity contribution in [2.75, 3.05) is 0 Å². The number of nitrogens with zero attached hydrogens (tertiary/aromatic N) is 1. The van der Waals surface area contributed by atoms with Crippen LogP contribution in [0.3, 0.4) is 0 Å². The zero-order valence-electron chi connectivity index (χ0n) is 10.8. The standard InChI is InChI=1S/C15H14N2O3/c16-14(18)12-8-10-4-1-2-5-11(10)9-17(12)15(19)13-6-3-7-20-13/h1-7,12H,8-9H2,(H2,16,18). The van der Waals surface area contributed by atoms with Crippen molar-refractivity contribution in [1.82, 2.24) is 4.90 Å². The van der Waals surface area contributed by atoms with E-state index in [1.165, 1.54) is 11.2 Å². The van der Waals surface area contributed by atoms with E-state index in [1.807, 2.05) is 24.3 Å². The summed E-state index contributed by atoms with van der Waals surface area (Å²) >= 11 is 0. The largest absolute Gasteiger partial charge is 0.459 e. The Balaban J connectivity index is 1.96. The fourth-order valence-corrected chi connectivity index (χ4v) is 2.53. The second-order valence-corrected chi connectivity index (χ2v) is 4.80. The monoisotopic (exact) mass is 270 g/mol. The Hall–Kier alpha value is -2.56. The minimum absolute atomic E-state index is 0.218. The normalized spacial score (nSPS) is 17.6. The summed E-state index contributed by atoms with van der Waals surface area (Å²) in [5.74, 6) is -0.594. The second kappa shape index (κ2) is 4.85. The predicted octanol–water partition coefficient (Wildman–Crippen LogP) is 1.33. The van der Waals surface area contributed by atoms with E-state index >= 15 is 0 Å². The molecule has 2 N–H and O–H groups in total. The van der Waals surface area contributed by atoms with Gasteiger partial charge < -0.3 is 15.1 Å². The molecule has 0 spiro atoms. The van der Waals surface area contributed by atoms with Crippen LogP contribution in [0.2, 0.25) is 0 Å². The van der Waals surface area contributed by atoms with E-state index in [2.05, 4.69) is 0 Å². The van der Waals surface area contributed by atoms with Gasteiger partial charge in [0.2, 0.25) is 5.91 Å². The van der Waals surface area contributed by atoms with Gasteiger partial charge in [-0.15, -0.1) is 0 Å². The molecule has 102 valence electrons. The van der Waals surface area contributed by atoms with Gasteiger partial charge in [0.25, 0.3) is 5.91 Å². The van der Waals surface area contributed by atoms with Gasteiger partial charge in [-0.05, 0) is 23.3 Å². The molecule has 1 atom stereocenters. The van der Waals surface area contributed by atoms with Crippen LogP contribution in [-0.2, 0) is 17.8 Å². The number of furan rings is 1. The quantitative estimate of drug-likeness (QED) is 0.894. The summed E-state index contributed by atoms with van der Waals surface area (Å²) in [6.45, 7) is 0.364. The second-order valence-electron chi connectivity index (χ2n) is 4.80. The fourth-order valence-electron chi connectivity index (χ4n) is 2.53. The van der Waals surface area contributed by atoms with E-state index in [-0.39, 0.29) is 11.7 Å². The molecule has 0 aliphatic carbocycles. The van der Waals surface area contributed by atoms with Gasteiger partial charge in [0.05, 0.1) is 6.26 Å². The number of nitrogens with two attached hydrogens (primary N) is 1. The predicted molar refractivity (Wildman–Crippen MR) is 71.7 cm³/mol. The van der Waals surface area contributed by atoms with E-state index in [0.717, 1.165) is 11.1 Å². The molecule has 0 saturated heterocycles. The highest BCUT2D eigenvalue weighted by molar-refractivity contribution is 5.95. The van der Waals surface area contributed by atoms with Crippen molar-refractivity contribution in [3.63, 3.8) is 0 Å². The van der Waals surface area contributed by atoms with Crippen LogP contribution in [0.25, 0.3) is 0 Å². The van der Waals surface area contributed by atoms with Crippen molar-refractivity contribution < 1.29 is 14.0 Å². The molecule has 1 aromatic carbocycles. The number of carbonyl (C=O) groups excluding carboxylic acids is 2. The van der Waals surface area contributed by atoms with Crippen LogP contribution < -0.4 is 5.73 Å². The highest BCUT2D eigenvalue weighted by Gasteiger charge is 2.34. The number of primary amides is 1. The van der Waals surface area contributed by atoms with Gasteiger partial charge in [0.1, 0.15) is 6.04 Å². The van der Waals surface area contributed by atoms with Crippen LogP contribution in [0, 0.1) is 0 Å². The summed E-state index contributed by atoms with van der Waals surface area (Å²) in [5.41, 5.74) is 7.53. The zero-order valence-corrected chi connectivity index (χ0v) is 10.8. The molecule has 20 heavy (non-hydrogen) atoms. The maximum absolute atomic E-state index is 12.4. The van der Waals surface area contributed by atoms with Crippen molar-refractivity contribution in [2.45, 2.75) is 19.0 Å². The average Bonchev–Trinajstić information content (AvgIpc) is 2.99. The van der Waals surface area contributed by atoms with Crippen LogP contribution in [0.5, 0.6) is 0 Å². The Kier molecular flexibility index (Phi) is 3.02. The maximum Gasteiger partial charge on any atom is 0.290 e. The lowest BCUT2D eigenvalue weighted by atomic mass is 9.93. The van der Waals surface area contributed by atoms with Crippen molar-refractivity contribution in [3.8, 4) is 0 Å². The summed E-state index contributed by atoms with van der Waals surface area (Å²) in [7, 11) is 0. The SMILES string of the molecule is NC(=O)C1Cc2ccccc2CN1C(=O)c1ccco1. The van der Waals surface area contributed by atoms with Gasteiger partial charge in [0.15, 0.2) is 5.76 Å².